The van der Waals surface area contributed by atoms with Gasteiger partial charge in [-0.3, -0.25) is 10.0 Å². The summed E-state index contributed by atoms with van der Waals surface area (Å²) in [4.78, 5) is 14.6. The fourth-order valence-electron chi connectivity index (χ4n) is 5.08. The number of allylic oxidation sites excluding steroid dienone is 4. The number of fused-ring (bicyclic) bond motifs is 1. The van der Waals surface area contributed by atoms with Gasteiger partial charge in [-0.15, -0.1) is 0 Å². The van der Waals surface area contributed by atoms with E-state index in [-0.39, 0.29) is 32.0 Å². The van der Waals surface area contributed by atoms with Gasteiger partial charge in [0.1, 0.15) is 0 Å². The van der Waals surface area contributed by atoms with E-state index >= 15 is 0 Å². The SMILES string of the molecule is C=C(/C=C/C=C/C1CCN(S(=O)(=O)C2(C(=O)NO)CCOCC2)CC1)N1CCc2ccccc21. The fraction of sp³-hybridized carbons (Fsp3) is 0.480. The molecule has 0 radical (unpaired) electrons. The Kier molecular flexibility index (Phi) is 7.57. The minimum absolute atomic E-state index is 0.0394. The zero-order valence-electron chi connectivity index (χ0n) is 19.4. The molecule has 3 aliphatic rings. The van der Waals surface area contributed by atoms with Crippen molar-refractivity contribution >= 4 is 21.6 Å². The van der Waals surface area contributed by atoms with Crippen molar-refractivity contribution in [3.8, 4) is 0 Å². The van der Waals surface area contributed by atoms with Gasteiger partial charge in [-0.2, -0.15) is 0 Å². The van der Waals surface area contributed by atoms with Crippen LogP contribution in [0, 0.1) is 5.92 Å². The van der Waals surface area contributed by atoms with Crippen LogP contribution in [0.3, 0.4) is 0 Å². The van der Waals surface area contributed by atoms with E-state index in [2.05, 4.69) is 35.8 Å². The van der Waals surface area contributed by atoms with E-state index in [1.54, 1.807) is 5.48 Å². The summed E-state index contributed by atoms with van der Waals surface area (Å²) in [6, 6.07) is 8.37. The number of hydrogen-bond donors (Lipinski definition) is 2. The summed E-state index contributed by atoms with van der Waals surface area (Å²) in [7, 11) is -3.93. The number of anilines is 1. The lowest BCUT2D eigenvalue weighted by atomic mass is 9.97. The van der Waals surface area contributed by atoms with Gasteiger partial charge in [-0.1, -0.05) is 43.0 Å². The highest BCUT2D eigenvalue weighted by atomic mass is 32.2. The highest BCUT2D eigenvalue weighted by molar-refractivity contribution is 7.91. The Morgan fingerprint density at radius 1 is 1.15 bits per heavy atom. The Morgan fingerprint density at radius 3 is 2.56 bits per heavy atom. The number of hydrogen-bond acceptors (Lipinski definition) is 6. The number of carbonyl (C=O) groups is 1. The molecular weight excluding hydrogens is 454 g/mol. The topological polar surface area (TPSA) is 99.2 Å². The number of amides is 1. The van der Waals surface area contributed by atoms with Gasteiger partial charge in [-0.25, -0.2) is 18.2 Å². The number of para-hydroxylation sites is 1. The third-order valence-corrected chi connectivity index (χ3v) is 9.79. The van der Waals surface area contributed by atoms with Gasteiger partial charge >= 0.3 is 0 Å². The molecule has 0 aromatic heterocycles. The van der Waals surface area contributed by atoms with Crippen molar-refractivity contribution in [2.75, 3.05) is 37.7 Å². The molecule has 3 heterocycles. The third kappa shape index (κ3) is 4.70. The molecule has 2 fully saturated rings. The summed E-state index contributed by atoms with van der Waals surface area (Å²) in [5, 5.41) is 9.19. The molecule has 2 N–H and O–H groups in total. The number of piperidine rings is 1. The summed E-state index contributed by atoms with van der Waals surface area (Å²) in [5.41, 5.74) is 5.07. The molecule has 0 bridgehead atoms. The Morgan fingerprint density at radius 2 is 1.85 bits per heavy atom. The van der Waals surface area contributed by atoms with Crippen molar-refractivity contribution < 1.29 is 23.2 Å². The number of nitrogens with one attached hydrogen (secondary N) is 1. The lowest BCUT2D eigenvalue weighted by Crippen LogP contribution is -2.60. The summed E-state index contributed by atoms with van der Waals surface area (Å²) < 4.78 is 31.8. The maximum Gasteiger partial charge on any atom is 0.266 e. The quantitative estimate of drug-likeness (QED) is 0.349. The van der Waals surface area contributed by atoms with Crippen LogP contribution in [0.25, 0.3) is 0 Å². The van der Waals surface area contributed by atoms with E-state index in [9.17, 15) is 18.4 Å². The van der Waals surface area contributed by atoms with Crippen molar-refractivity contribution in [3.63, 3.8) is 0 Å². The molecular formula is C25H33N3O5S. The standard InChI is InChI=1S/C25H33N3O5S/c1-20(28-17-12-22-8-4-5-9-23(22)28)6-2-3-7-21-10-15-27(16-11-21)34(31,32)25(24(29)26-30)13-18-33-19-14-25/h2-9,21,30H,1,10-19H2,(H,26,29)/b6-2+,7-3+. The summed E-state index contributed by atoms with van der Waals surface area (Å²) in [5.74, 6) is -0.613. The van der Waals surface area contributed by atoms with Crippen LogP contribution in [0.1, 0.15) is 31.2 Å². The summed E-state index contributed by atoms with van der Waals surface area (Å²) in [6.07, 6.45) is 10.5. The first kappa shape index (κ1) is 24.7. The van der Waals surface area contributed by atoms with Gasteiger partial charge in [0, 0.05) is 57.1 Å². The average molecular weight is 488 g/mol. The molecule has 3 aliphatic heterocycles. The number of carbonyl (C=O) groups excluding carboxylic acids is 1. The molecule has 184 valence electrons. The summed E-state index contributed by atoms with van der Waals surface area (Å²) >= 11 is 0. The molecule has 4 rings (SSSR count). The second-order valence-corrected chi connectivity index (χ2v) is 11.3. The monoisotopic (exact) mass is 487 g/mol. The number of sulfonamides is 1. The molecule has 8 nitrogen and oxygen atoms in total. The van der Waals surface area contributed by atoms with E-state index in [1.807, 2.05) is 24.3 Å². The smallest absolute Gasteiger partial charge is 0.266 e. The van der Waals surface area contributed by atoms with Gasteiger partial charge < -0.3 is 9.64 Å². The molecule has 1 aromatic carbocycles. The van der Waals surface area contributed by atoms with Crippen molar-refractivity contribution in [1.82, 2.24) is 9.79 Å². The molecule has 1 amide bonds. The summed E-state index contributed by atoms with van der Waals surface area (Å²) in [6.45, 7) is 6.17. The van der Waals surface area contributed by atoms with Crippen LogP contribution in [0.5, 0.6) is 0 Å². The van der Waals surface area contributed by atoms with Gasteiger partial charge in [0.2, 0.25) is 10.0 Å². The molecule has 1 aromatic rings. The first-order valence-corrected chi connectivity index (χ1v) is 13.2. The molecule has 2 saturated heterocycles. The first-order chi connectivity index (χ1) is 16.4. The largest absolute Gasteiger partial charge is 0.381 e. The van der Waals surface area contributed by atoms with Crippen LogP contribution < -0.4 is 10.4 Å². The van der Waals surface area contributed by atoms with E-state index in [4.69, 9.17) is 4.74 Å². The lowest BCUT2D eigenvalue weighted by Gasteiger charge is -2.40. The molecule has 0 unspecified atom stereocenters. The minimum atomic E-state index is -3.93. The lowest BCUT2D eigenvalue weighted by molar-refractivity contribution is -0.134. The Labute approximate surface area is 201 Å². The van der Waals surface area contributed by atoms with Crippen LogP contribution in [0.15, 0.2) is 60.8 Å². The molecule has 34 heavy (non-hydrogen) atoms. The zero-order chi connectivity index (χ0) is 24.2. The minimum Gasteiger partial charge on any atom is -0.381 e. The maximum absolute atomic E-state index is 13.4. The van der Waals surface area contributed by atoms with Gasteiger partial charge in [-0.05, 0) is 42.9 Å². The van der Waals surface area contributed by atoms with E-state index in [0.717, 1.165) is 18.7 Å². The zero-order valence-corrected chi connectivity index (χ0v) is 20.2. The average Bonchev–Trinajstić information content (AvgIpc) is 3.31. The van der Waals surface area contributed by atoms with Crippen LogP contribution in [0.4, 0.5) is 5.69 Å². The van der Waals surface area contributed by atoms with Crippen LogP contribution >= 0.6 is 0 Å². The number of benzene rings is 1. The molecule has 0 saturated carbocycles. The van der Waals surface area contributed by atoms with E-state index < -0.39 is 20.7 Å². The number of ether oxygens (including phenoxy) is 1. The van der Waals surface area contributed by atoms with Crippen molar-refractivity contribution in [1.29, 1.82) is 0 Å². The Hall–Kier alpha value is -2.46. The van der Waals surface area contributed by atoms with Gasteiger partial charge in [0.05, 0.1) is 0 Å². The van der Waals surface area contributed by atoms with E-state index in [1.165, 1.54) is 15.6 Å². The Balaban J connectivity index is 1.32. The van der Waals surface area contributed by atoms with Crippen molar-refractivity contribution in [3.05, 3.63) is 66.4 Å². The van der Waals surface area contributed by atoms with Crippen molar-refractivity contribution in [2.45, 2.75) is 36.9 Å². The second-order valence-electron chi connectivity index (χ2n) is 9.05. The van der Waals surface area contributed by atoms with Gasteiger partial charge in [0.25, 0.3) is 5.91 Å². The number of nitrogens with zero attached hydrogens (tertiary/aromatic N) is 2. The maximum atomic E-state index is 13.4. The van der Waals surface area contributed by atoms with E-state index in [0.29, 0.717) is 25.9 Å². The second kappa shape index (κ2) is 10.4. The highest BCUT2D eigenvalue weighted by Crippen LogP contribution is 2.35. The number of rotatable bonds is 7. The molecule has 9 heteroatoms. The fourth-order valence-corrected chi connectivity index (χ4v) is 7.22. The number of hydroxylamine groups is 1. The molecule has 0 aliphatic carbocycles. The van der Waals surface area contributed by atoms with Crippen LogP contribution in [-0.2, 0) is 26.0 Å². The molecule has 0 atom stereocenters. The van der Waals surface area contributed by atoms with Crippen LogP contribution in [0.2, 0.25) is 0 Å². The molecule has 0 spiro atoms. The third-order valence-electron chi connectivity index (χ3n) is 7.16. The predicted molar refractivity (Wildman–Crippen MR) is 131 cm³/mol. The van der Waals surface area contributed by atoms with Crippen molar-refractivity contribution in [2.24, 2.45) is 5.92 Å². The van der Waals surface area contributed by atoms with Gasteiger partial charge in [0.15, 0.2) is 4.75 Å². The normalized spacial score (nSPS) is 21.7. The predicted octanol–water partition coefficient (Wildman–Crippen LogP) is 2.77. The highest BCUT2D eigenvalue weighted by Gasteiger charge is 2.54. The first-order valence-electron chi connectivity index (χ1n) is 11.8. The Bertz CT molecular complexity index is 1070. The van der Waals surface area contributed by atoms with Crippen LogP contribution in [-0.4, -0.2) is 61.4 Å².